The maximum absolute atomic E-state index is 11.1. The Hall–Kier alpha value is -3.02. The van der Waals surface area contributed by atoms with Crippen molar-refractivity contribution in [2.24, 2.45) is 0 Å². The lowest BCUT2D eigenvalue weighted by Crippen LogP contribution is -2.31. The Bertz CT molecular complexity index is 532. The van der Waals surface area contributed by atoms with E-state index in [0.717, 1.165) is 4.90 Å². The summed E-state index contributed by atoms with van der Waals surface area (Å²) in [4.78, 5) is 22.5. The second-order valence-corrected chi connectivity index (χ2v) is 3.41. The van der Waals surface area contributed by atoms with Crippen molar-refractivity contribution >= 4 is 17.6 Å². The van der Waals surface area contributed by atoms with Crippen molar-refractivity contribution in [3.63, 3.8) is 0 Å². The summed E-state index contributed by atoms with van der Waals surface area (Å²) in [5.74, 6) is -2.53. The first-order valence-corrected chi connectivity index (χ1v) is 5.62. The maximum atomic E-state index is 11.1. The maximum Gasteiger partial charge on any atom is 0.395 e. The fourth-order valence-corrected chi connectivity index (χ4v) is 1.25. The summed E-state index contributed by atoms with van der Waals surface area (Å²) in [6, 6.07) is 12.1. The minimum Gasteiger partial charge on any atom is -0.474 e. The molecular formula is C14H13N3O3. The van der Waals surface area contributed by atoms with Crippen LogP contribution in [0.25, 0.3) is 0 Å². The fraction of sp³-hybridized carbons (Fsp3) is 0. The number of carboxylic acids is 1. The average Bonchev–Trinajstić information content (AvgIpc) is 2.51. The number of nitrogens with zero attached hydrogens (tertiary/aromatic N) is 3. The molecule has 0 atom stereocenters. The summed E-state index contributed by atoms with van der Waals surface area (Å²) < 4.78 is 0. The zero-order chi connectivity index (χ0) is 14.8. The topological polar surface area (TPSA) is 83.4 Å². The van der Waals surface area contributed by atoms with Crippen molar-refractivity contribution in [1.29, 1.82) is 0 Å². The Labute approximate surface area is 116 Å². The van der Waals surface area contributed by atoms with Crippen LogP contribution in [-0.4, -0.2) is 27.2 Å². The molecule has 1 aromatic carbocycles. The number of para-hydroxylation sites is 1. The summed E-state index contributed by atoms with van der Waals surface area (Å²) in [6.45, 7) is 3.38. The molecule has 2 aromatic rings. The summed E-state index contributed by atoms with van der Waals surface area (Å²) in [6.07, 6.45) is 4.45. The van der Waals surface area contributed by atoms with Crippen LogP contribution < -0.4 is 4.90 Å². The van der Waals surface area contributed by atoms with Gasteiger partial charge in [0.15, 0.2) is 0 Å². The third-order valence-electron chi connectivity index (χ3n) is 2.10. The van der Waals surface area contributed by atoms with Crippen LogP contribution in [0.4, 0.5) is 5.69 Å². The number of hydrogen-bond acceptors (Lipinski definition) is 4. The van der Waals surface area contributed by atoms with Crippen molar-refractivity contribution in [2.45, 2.75) is 0 Å². The molecule has 1 heterocycles. The number of aliphatic carboxylic acids is 1. The van der Waals surface area contributed by atoms with Crippen molar-refractivity contribution in [2.75, 3.05) is 4.90 Å². The normalized spacial score (nSPS) is 8.80. The van der Waals surface area contributed by atoms with Crippen LogP contribution in [0.1, 0.15) is 0 Å². The van der Waals surface area contributed by atoms with Gasteiger partial charge in [0.1, 0.15) is 0 Å². The third kappa shape index (κ3) is 4.69. The van der Waals surface area contributed by atoms with Crippen molar-refractivity contribution in [3.05, 3.63) is 67.6 Å². The van der Waals surface area contributed by atoms with Crippen molar-refractivity contribution in [1.82, 2.24) is 10.2 Å². The van der Waals surface area contributed by atoms with E-state index in [1.807, 2.05) is 12.1 Å². The van der Waals surface area contributed by atoms with E-state index >= 15 is 0 Å². The summed E-state index contributed by atoms with van der Waals surface area (Å²) in [7, 11) is 0. The Morgan fingerprint density at radius 2 is 1.60 bits per heavy atom. The zero-order valence-electron chi connectivity index (χ0n) is 10.6. The molecule has 0 unspecified atom stereocenters. The van der Waals surface area contributed by atoms with Gasteiger partial charge in [0.25, 0.3) is 0 Å². The lowest BCUT2D eigenvalue weighted by Gasteiger charge is -2.14. The lowest BCUT2D eigenvalue weighted by atomic mass is 10.3. The predicted octanol–water partition coefficient (Wildman–Crippen LogP) is 1.72. The van der Waals surface area contributed by atoms with Gasteiger partial charge in [0.2, 0.25) is 0 Å². The van der Waals surface area contributed by atoms with Gasteiger partial charge in [-0.2, -0.15) is 10.2 Å². The summed E-state index contributed by atoms with van der Waals surface area (Å²) >= 11 is 0. The molecule has 0 saturated heterocycles. The van der Waals surface area contributed by atoms with Crippen LogP contribution in [0, 0.1) is 0 Å². The molecular weight excluding hydrogens is 258 g/mol. The monoisotopic (exact) mass is 271 g/mol. The molecule has 0 bridgehead atoms. The van der Waals surface area contributed by atoms with Gasteiger partial charge in [-0.05, 0) is 24.3 Å². The van der Waals surface area contributed by atoms with Crippen LogP contribution in [0.3, 0.4) is 0 Å². The highest BCUT2D eigenvalue weighted by Gasteiger charge is 2.19. The number of carboxylic acid groups (broad SMARTS) is 1. The number of carbonyl (C=O) groups excluding carboxylic acids is 1. The molecule has 2 rings (SSSR count). The van der Waals surface area contributed by atoms with Gasteiger partial charge in [0.05, 0.1) is 0 Å². The Morgan fingerprint density at radius 1 is 1.05 bits per heavy atom. The van der Waals surface area contributed by atoms with Crippen molar-refractivity contribution < 1.29 is 14.7 Å². The van der Waals surface area contributed by atoms with E-state index < -0.39 is 11.9 Å². The molecule has 0 saturated carbocycles. The Balaban J connectivity index is 0.000000276. The molecule has 0 radical (unpaired) electrons. The summed E-state index contributed by atoms with van der Waals surface area (Å²) in [5, 5.41) is 15.6. The van der Waals surface area contributed by atoms with Gasteiger partial charge in [-0.1, -0.05) is 24.8 Å². The van der Waals surface area contributed by atoms with Crippen LogP contribution in [0.5, 0.6) is 0 Å². The van der Waals surface area contributed by atoms with Gasteiger partial charge in [-0.3, -0.25) is 9.69 Å². The Kier molecular flexibility index (Phi) is 6.13. The van der Waals surface area contributed by atoms with E-state index in [0.29, 0.717) is 5.69 Å². The van der Waals surface area contributed by atoms with E-state index in [1.165, 1.54) is 6.20 Å². The third-order valence-corrected chi connectivity index (χ3v) is 2.10. The molecule has 1 N–H and O–H groups in total. The van der Waals surface area contributed by atoms with Gasteiger partial charge >= 0.3 is 11.9 Å². The van der Waals surface area contributed by atoms with E-state index in [1.54, 1.807) is 42.7 Å². The molecule has 0 aliphatic heterocycles. The second kappa shape index (κ2) is 8.15. The number of anilines is 1. The van der Waals surface area contributed by atoms with Gasteiger partial charge in [0, 0.05) is 24.3 Å². The van der Waals surface area contributed by atoms with Gasteiger partial charge in [-0.15, -0.1) is 0 Å². The Morgan fingerprint density at radius 3 is 1.95 bits per heavy atom. The first-order chi connectivity index (χ1) is 9.66. The second-order valence-electron chi connectivity index (χ2n) is 3.41. The standard InChI is InChI=1S/C10H9NO3.C4H4N2/c1-2-11(9(12)10(13)14)8-6-4-3-5-7-8;1-2-4-6-5-3-1/h2-7H,1H2,(H,13,14);1-4H. The zero-order valence-corrected chi connectivity index (χ0v) is 10.6. The lowest BCUT2D eigenvalue weighted by molar-refractivity contribution is -0.148. The number of aromatic nitrogens is 2. The van der Waals surface area contributed by atoms with Gasteiger partial charge in [-0.25, -0.2) is 4.79 Å². The number of benzene rings is 1. The van der Waals surface area contributed by atoms with Crippen LogP contribution in [0.2, 0.25) is 0 Å². The van der Waals surface area contributed by atoms with E-state index in [2.05, 4.69) is 16.8 Å². The molecule has 0 fully saturated rings. The number of rotatable bonds is 2. The van der Waals surface area contributed by atoms with E-state index in [-0.39, 0.29) is 0 Å². The molecule has 0 aliphatic carbocycles. The molecule has 20 heavy (non-hydrogen) atoms. The fourth-order valence-electron chi connectivity index (χ4n) is 1.25. The largest absolute Gasteiger partial charge is 0.474 e. The first kappa shape index (κ1) is 15.0. The number of amides is 1. The van der Waals surface area contributed by atoms with E-state index in [4.69, 9.17) is 5.11 Å². The smallest absolute Gasteiger partial charge is 0.395 e. The minimum absolute atomic E-state index is 0.481. The molecule has 102 valence electrons. The molecule has 0 spiro atoms. The molecule has 0 aliphatic rings. The van der Waals surface area contributed by atoms with Crippen LogP contribution in [0.15, 0.2) is 67.6 Å². The van der Waals surface area contributed by atoms with Crippen molar-refractivity contribution in [3.8, 4) is 0 Å². The highest BCUT2D eigenvalue weighted by atomic mass is 16.4. The molecule has 6 heteroatoms. The molecule has 1 amide bonds. The molecule has 6 nitrogen and oxygen atoms in total. The van der Waals surface area contributed by atoms with Crippen LogP contribution in [-0.2, 0) is 9.59 Å². The molecule has 1 aromatic heterocycles. The highest BCUT2D eigenvalue weighted by molar-refractivity contribution is 6.37. The average molecular weight is 271 g/mol. The van der Waals surface area contributed by atoms with Crippen LogP contribution >= 0.6 is 0 Å². The minimum atomic E-state index is -1.51. The predicted molar refractivity (Wildman–Crippen MR) is 73.8 cm³/mol. The number of carbonyl (C=O) groups is 2. The van der Waals surface area contributed by atoms with E-state index in [9.17, 15) is 9.59 Å². The SMILES string of the molecule is C=CN(C(=O)C(=O)O)c1ccccc1.c1ccnnc1. The highest BCUT2D eigenvalue weighted by Crippen LogP contribution is 2.13. The quantitative estimate of drug-likeness (QED) is 0.841. The number of hydrogen-bond donors (Lipinski definition) is 1. The summed E-state index contributed by atoms with van der Waals surface area (Å²) in [5.41, 5.74) is 0.481. The first-order valence-electron chi connectivity index (χ1n) is 5.62. The van der Waals surface area contributed by atoms with Gasteiger partial charge < -0.3 is 5.11 Å².